The highest BCUT2D eigenvalue weighted by atomic mass is 19.1. The summed E-state index contributed by atoms with van der Waals surface area (Å²) in [5, 5.41) is 7.57. The molecule has 0 radical (unpaired) electrons. The monoisotopic (exact) mass is 321 g/mol. The zero-order valence-corrected chi connectivity index (χ0v) is 14.2. The van der Waals surface area contributed by atoms with Crippen LogP contribution in [0.15, 0.2) is 18.2 Å². The van der Waals surface area contributed by atoms with Gasteiger partial charge in [-0.15, -0.1) is 0 Å². The fourth-order valence-electron chi connectivity index (χ4n) is 3.29. The third-order valence-electron chi connectivity index (χ3n) is 4.57. The summed E-state index contributed by atoms with van der Waals surface area (Å²) in [6, 6.07) is 5.79. The van der Waals surface area contributed by atoms with Gasteiger partial charge in [-0.25, -0.2) is 4.39 Å². The number of carbonyl (C=O) groups excluding carboxylic acids is 1. The minimum atomic E-state index is -0.348. The van der Waals surface area contributed by atoms with Gasteiger partial charge in [-0.1, -0.05) is 31.4 Å². The van der Waals surface area contributed by atoms with E-state index in [1.807, 2.05) is 4.90 Å². The number of hydrogen-bond acceptors (Lipinski definition) is 2. The highest BCUT2D eigenvalue weighted by Gasteiger charge is 2.38. The number of halogens is 1. The van der Waals surface area contributed by atoms with Crippen LogP contribution in [0.25, 0.3) is 0 Å². The number of nitrogens with zero attached hydrogens (tertiary/aromatic N) is 1. The molecule has 23 heavy (non-hydrogen) atoms. The summed E-state index contributed by atoms with van der Waals surface area (Å²) in [6.07, 6.45) is 7.97. The first-order valence-electron chi connectivity index (χ1n) is 8.78. The Morgan fingerprint density at radius 3 is 2.30 bits per heavy atom. The van der Waals surface area contributed by atoms with Crippen LogP contribution >= 0.6 is 0 Å². The Bertz CT molecular complexity index is 522. The van der Waals surface area contributed by atoms with Gasteiger partial charge in [0.1, 0.15) is 5.82 Å². The van der Waals surface area contributed by atoms with E-state index in [9.17, 15) is 9.18 Å². The van der Waals surface area contributed by atoms with Gasteiger partial charge < -0.3 is 10.0 Å². The first kappa shape index (κ1) is 17.9. The van der Waals surface area contributed by atoms with Crippen molar-refractivity contribution in [1.82, 2.24) is 4.90 Å². The molecule has 0 unspecified atom stereocenters. The summed E-state index contributed by atoms with van der Waals surface area (Å²) in [5.74, 6) is -0.445. The van der Waals surface area contributed by atoms with Gasteiger partial charge in [0.05, 0.1) is 5.56 Å². The number of amides is 1. The van der Waals surface area contributed by atoms with Crippen LogP contribution in [0.2, 0.25) is 0 Å². The van der Waals surface area contributed by atoms with Crippen molar-refractivity contribution < 1.29 is 14.3 Å². The van der Waals surface area contributed by atoms with Crippen LogP contribution < -0.4 is 0 Å². The molecule has 4 heteroatoms. The number of aliphatic hydroxyl groups is 1. The lowest BCUT2D eigenvalue weighted by Crippen LogP contribution is -2.43. The molecule has 0 bridgehead atoms. The van der Waals surface area contributed by atoms with E-state index < -0.39 is 0 Å². The van der Waals surface area contributed by atoms with Crippen LogP contribution in [0.1, 0.15) is 67.8 Å². The maximum Gasteiger partial charge on any atom is 0.257 e. The van der Waals surface area contributed by atoms with Crippen LogP contribution in [0.4, 0.5) is 4.39 Å². The lowest BCUT2D eigenvalue weighted by atomic mass is 9.93. The van der Waals surface area contributed by atoms with Gasteiger partial charge in [-0.2, -0.15) is 0 Å². The quantitative estimate of drug-likeness (QED) is 0.911. The van der Waals surface area contributed by atoms with Crippen molar-refractivity contribution in [3.05, 3.63) is 35.1 Å². The first-order valence-corrected chi connectivity index (χ1v) is 8.78. The van der Waals surface area contributed by atoms with Gasteiger partial charge in [0.25, 0.3) is 5.91 Å². The van der Waals surface area contributed by atoms with Crippen molar-refractivity contribution >= 4 is 5.91 Å². The molecule has 128 valence electrons. The summed E-state index contributed by atoms with van der Waals surface area (Å²) < 4.78 is 14.2. The second-order valence-electron chi connectivity index (χ2n) is 6.49. The molecule has 1 N–H and O–H groups in total. The number of aryl methyl sites for hydroxylation is 1. The second kappa shape index (κ2) is 8.44. The first-order chi connectivity index (χ1) is 11.1. The predicted octanol–water partition coefficient (Wildman–Crippen LogP) is 4.07. The number of carbonyl (C=O) groups is 1. The number of hydrogen-bond donors (Lipinski definition) is 1. The summed E-state index contributed by atoms with van der Waals surface area (Å²) in [4.78, 5) is 14.8. The third kappa shape index (κ3) is 4.54. The highest BCUT2D eigenvalue weighted by Crippen LogP contribution is 2.35. The van der Waals surface area contributed by atoms with Gasteiger partial charge >= 0.3 is 0 Å². The van der Waals surface area contributed by atoms with Gasteiger partial charge in [-0.05, 0) is 51.2 Å². The van der Waals surface area contributed by atoms with E-state index in [0.717, 1.165) is 25.7 Å². The molecule has 2 fully saturated rings. The van der Waals surface area contributed by atoms with E-state index in [1.165, 1.54) is 19.3 Å². The fourth-order valence-corrected chi connectivity index (χ4v) is 3.29. The standard InChI is InChI=1S/C17H22FNO.C2H6O/c1-12-6-5-9-15(16(12)18)17(20)19(14-10-11-14)13-7-3-2-4-8-13;1-2-3/h5-6,9,13-14H,2-4,7-8,10-11H2,1H3;3H,2H2,1H3. The van der Waals surface area contributed by atoms with Crippen LogP contribution in [0.3, 0.4) is 0 Å². The molecule has 0 saturated heterocycles. The average molecular weight is 321 g/mol. The van der Waals surface area contributed by atoms with Crippen molar-refractivity contribution in [1.29, 1.82) is 0 Å². The van der Waals surface area contributed by atoms with Gasteiger partial charge in [0.15, 0.2) is 0 Å². The van der Waals surface area contributed by atoms with Crippen LogP contribution in [-0.2, 0) is 0 Å². The molecule has 0 atom stereocenters. The largest absolute Gasteiger partial charge is 0.397 e. The molecule has 2 aliphatic rings. The molecule has 0 aromatic heterocycles. The molecule has 1 aromatic rings. The lowest BCUT2D eigenvalue weighted by molar-refractivity contribution is 0.0609. The summed E-state index contributed by atoms with van der Waals surface area (Å²) >= 11 is 0. The Kier molecular flexibility index (Phi) is 6.58. The van der Waals surface area contributed by atoms with E-state index >= 15 is 0 Å². The molecule has 0 spiro atoms. The molecular formula is C19H28FNO2. The smallest absolute Gasteiger partial charge is 0.257 e. The summed E-state index contributed by atoms with van der Waals surface area (Å²) in [5.41, 5.74) is 0.803. The predicted molar refractivity (Wildman–Crippen MR) is 90.0 cm³/mol. The molecule has 0 aliphatic heterocycles. The van der Waals surface area contributed by atoms with Crippen LogP contribution in [0, 0.1) is 12.7 Å². The number of benzene rings is 1. The molecule has 3 rings (SSSR count). The van der Waals surface area contributed by atoms with E-state index in [-0.39, 0.29) is 23.9 Å². The van der Waals surface area contributed by atoms with E-state index in [2.05, 4.69) is 0 Å². The summed E-state index contributed by atoms with van der Waals surface area (Å²) in [7, 11) is 0. The zero-order chi connectivity index (χ0) is 16.8. The molecule has 2 aliphatic carbocycles. The minimum Gasteiger partial charge on any atom is -0.397 e. The van der Waals surface area contributed by atoms with Crippen LogP contribution in [-0.4, -0.2) is 34.6 Å². The van der Waals surface area contributed by atoms with Gasteiger partial charge in [-0.3, -0.25) is 4.79 Å². The molecule has 3 nitrogen and oxygen atoms in total. The third-order valence-corrected chi connectivity index (χ3v) is 4.57. The molecule has 0 heterocycles. The Hall–Kier alpha value is -1.42. The Morgan fingerprint density at radius 2 is 1.74 bits per heavy atom. The topological polar surface area (TPSA) is 40.5 Å². The minimum absolute atomic E-state index is 0.0967. The van der Waals surface area contributed by atoms with E-state index in [4.69, 9.17) is 5.11 Å². The molecule has 2 saturated carbocycles. The van der Waals surface area contributed by atoms with Crippen LogP contribution in [0.5, 0.6) is 0 Å². The van der Waals surface area contributed by atoms with Crippen molar-refractivity contribution in [2.75, 3.05) is 6.61 Å². The number of rotatable bonds is 3. The van der Waals surface area contributed by atoms with Crippen molar-refractivity contribution in [3.8, 4) is 0 Å². The maximum absolute atomic E-state index is 14.2. The highest BCUT2D eigenvalue weighted by molar-refractivity contribution is 5.95. The Balaban J connectivity index is 0.000000595. The van der Waals surface area contributed by atoms with Gasteiger partial charge in [0, 0.05) is 18.7 Å². The number of aliphatic hydroxyl groups excluding tert-OH is 1. The lowest BCUT2D eigenvalue weighted by Gasteiger charge is -2.35. The molecular weight excluding hydrogens is 293 g/mol. The Labute approximate surface area is 138 Å². The second-order valence-corrected chi connectivity index (χ2v) is 6.49. The fraction of sp³-hybridized carbons (Fsp3) is 0.632. The van der Waals surface area contributed by atoms with E-state index in [1.54, 1.807) is 32.0 Å². The van der Waals surface area contributed by atoms with Crippen molar-refractivity contribution in [2.24, 2.45) is 0 Å². The normalized spacial score (nSPS) is 18.1. The van der Waals surface area contributed by atoms with Crippen molar-refractivity contribution in [3.63, 3.8) is 0 Å². The Morgan fingerprint density at radius 1 is 1.17 bits per heavy atom. The van der Waals surface area contributed by atoms with Gasteiger partial charge in [0.2, 0.25) is 0 Å². The van der Waals surface area contributed by atoms with Crippen molar-refractivity contribution in [2.45, 2.75) is 70.9 Å². The van der Waals surface area contributed by atoms with E-state index in [0.29, 0.717) is 17.6 Å². The maximum atomic E-state index is 14.2. The molecule has 1 aromatic carbocycles. The SMILES string of the molecule is CCO.Cc1cccc(C(=O)N(C2CCCCC2)C2CC2)c1F. The summed E-state index contributed by atoms with van der Waals surface area (Å²) in [6.45, 7) is 3.65. The zero-order valence-electron chi connectivity index (χ0n) is 14.2. The average Bonchev–Trinajstić information content (AvgIpc) is 3.37. The molecule has 1 amide bonds.